The molecule has 1 aromatic carbocycles. The molecular weight excluding hydrogens is 286 g/mol. The first-order valence-corrected chi connectivity index (χ1v) is 7.38. The van der Waals surface area contributed by atoms with Crippen LogP contribution in [0.15, 0.2) is 29.1 Å². The minimum atomic E-state index is -0.161. The number of carbonyl (C=O) groups excluding carboxylic acids is 1. The number of amides is 1. The second-order valence-corrected chi connectivity index (χ2v) is 5.77. The molecule has 0 spiro atoms. The maximum absolute atomic E-state index is 12.4. The van der Waals surface area contributed by atoms with Crippen molar-refractivity contribution in [1.82, 2.24) is 14.9 Å². The summed E-state index contributed by atoms with van der Waals surface area (Å²) in [5, 5.41) is 3.41. The molecule has 0 fully saturated rings. The van der Waals surface area contributed by atoms with E-state index in [-0.39, 0.29) is 24.4 Å². The lowest BCUT2D eigenvalue weighted by molar-refractivity contribution is -0.121. The molecule has 2 aromatic rings. The van der Waals surface area contributed by atoms with Crippen LogP contribution >= 0.6 is 12.2 Å². The van der Waals surface area contributed by atoms with Crippen molar-refractivity contribution in [2.45, 2.75) is 26.8 Å². The molecule has 0 aliphatic heterocycles. The van der Waals surface area contributed by atoms with Gasteiger partial charge in [0.05, 0.1) is 10.9 Å². The van der Waals surface area contributed by atoms with Crippen LogP contribution in [0.3, 0.4) is 0 Å². The fourth-order valence-electron chi connectivity index (χ4n) is 2.02. The largest absolute Gasteiger partial charge is 0.356 e. The second kappa shape index (κ2) is 6.67. The average Bonchev–Trinajstić information content (AvgIpc) is 2.45. The maximum atomic E-state index is 12.4. The van der Waals surface area contributed by atoms with Gasteiger partial charge in [-0.25, -0.2) is 0 Å². The topological polar surface area (TPSA) is 66.9 Å². The second-order valence-electron chi connectivity index (χ2n) is 5.38. The summed E-state index contributed by atoms with van der Waals surface area (Å²) in [4.78, 5) is 27.1. The zero-order chi connectivity index (χ0) is 15.4. The number of para-hydroxylation sites is 1. The van der Waals surface area contributed by atoms with E-state index in [1.54, 1.807) is 12.1 Å². The molecule has 0 aliphatic rings. The predicted molar refractivity (Wildman–Crippen MR) is 85.9 cm³/mol. The number of nitrogens with zero attached hydrogens (tertiary/aromatic N) is 1. The molecule has 2 N–H and O–H groups in total. The Morgan fingerprint density at radius 3 is 2.81 bits per heavy atom. The molecule has 2 rings (SSSR count). The highest BCUT2D eigenvalue weighted by Crippen LogP contribution is 2.06. The quantitative estimate of drug-likeness (QED) is 0.832. The molecular formula is C15H19N3O2S. The van der Waals surface area contributed by atoms with Crippen molar-refractivity contribution in [1.29, 1.82) is 0 Å². The van der Waals surface area contributed by atoms with Gasteiger partial charge in [-0.1, -0.05) is 26.0 Å². The molecule has 6 heteroatoms. The third-order valence-corrected chi connectivity index (χ3v) is 3.48. The van der Waals surface area contributed by atoms with Gasteiger partial charge in [0, 0.05) is 19.5 Å². The molecule has 112 valence electrons. The van der Waals surface area contributed by atoms with E-state index in [0.717, 1.165) is 0 Å². The molecule has 0 radical (unpaired) electrons. The molecule has 0 aliphatic carbocycles. The van der Waals surface area contributed by atoms with Gasteiger partial charge in [-0.05, 0) is 30.3 Å². The first-order chi connectivity index (χ1) is 9.99. The van der Waals surface area contributed by atoms with E-state index in [2.05, 4.69) is 10.3 Å². The van der Waals surface area contributed by atoms with Gasteiger partial charge in [-0.3, -0.25) is 14.2 Å². The lowest BCUT2D eigenvalue weighted by Gasteiger charge is -2.09. The number of benzene rings is 1. The Hall–Kier alpha value is -1.95. The Bertz CT molecular complexity index is 761. The van der Waals surface area contributed by atoms with Gasteiger partial charge in [0.2, 0.25) is 5.91 Å². The van der Waals surface area contributed by atoms with Crippen LogP contribution in [0.4, 0.5) is 0 Å². The van der Waals surface area contributed by atoms with Crippen LogP contribution in [0, 0.1) is 10.7 Å². The molecule has 0 saturated carbocycles. The zero-order valence-electron chi connectivity index (χ0n) is 12.2. The predicted octanol–water partition coefficient (Wildman–Crippen LogP) is 2.22. The van der Waals surface area contributed by atoms with Crippen molar-refractivity contribution in [3.05, 3.63) is 39.4 Å². The van der Waals surface area contributed by atoms with E-state index >= 15 is 0 Å². The van der Waals surface area contributed by atoms with Crippen molar-refractivity contribution >= 4 is 29.0 Å². The van der Waals surface area contributed by atoms with Crippen LogP contribution in [0.5, 0.6) is 0 Å². The highest BCUT2D eigenvalue weighted by molar-refractivity contribution is 7.71. The minimum Gasteiger partial charge on any atom is -0.356 e. The van der Waals surface area contributed by atoms with Gasteiger partial charge >= 0.3 is 0 Å². The molecule has 1 aromatic heterocycles. The summed E-state index contributed by atoms with van der Waals surface area (Å²) in [5.41, 5.74) is 0.555. The number of hydrogen-bond donors (Lipinski definition) is 2. The molecule has 0 saturated heterocycles. The number of H-pyrrole nitrogens is 1. The van der Waals surface area contributed by atoms with E-state index in [9.17, 15) is 9.59 Å². The number of rotatable bonds is 5. The van der Waals surface area contributed by atoms with E-state index < -0.39 is 0 Å². The summed E-state index contributed by atoms with van der Waals surface area (Å²) in [6.45, 7) is 4.98. The number of fused-ring (bicyclic) bond motifs is 1. The van der Waals surface area contributed by atoms with Crippen molar-refractivity contribution in [3.63, 3.8) is 0 Å². The molecule has 0 atom stereocenters. The van der Waals surface area contributed by atoms with Gasteiger partial charge in [0.1, 0.15) is 0 Å². The number of carbonyl (C=O) groups is 1. The summed E-state index contributed by atoms with van der Waals surface area (Å²) >= 11 is 5.20. The summed E-state index contributed by atoms with van der Waals surface area (Å²) in [6, 6.07) is 7.21. The monoisotopic (exact) mass is 305 g/mol. The van der Waals surface area contributed by atoms with Crippen molar-refractivity contribution in [2.24, 2.45) is 5.92 Å². The Labute approximate surface area is 128 Å². The lowest BCUT2D eigenvalue weighted by atomic mass is 10.2. The van der Waals surface area contributed by atoms with Crippen molar-refractivity contribution < 1.29 is 4.79 Å². The zero-order valence-corrected chi connectivity index (χ0v) is 13.0. The van der Waals surface area contributed by atoms with Crippen LogP contribution < -0.4 is 10.9 Å². The SMILES string of the molecule is CC(C)CNC(=O)CCn1c(=S)[nH]c2ccccc2c1=O. The summed E-state index contributed by atoms with van der Waals surface area (Å²) in [5.74, 6) is 0.332. The number of aromatic amines is 1. The summed E-state index contributed by atoms with van der Waals surface area (Å²) in [7, 11) is 0. The summed E-state index contributed by atoms with van der Waals surface area (Å²) < 4.78 is 1.78. The van der Waals surface area contributed by atoms with Crippen LogP contribution in [0.25, 0.3) is 10.9 Å². The van der Waals surface area contributed by atoms with Crippen LogP contribution in [-0.4, -0.2) is 22.0 Å². The van der Waals surface area contributed by atoms with Gasteiger partial charge in [0.15, 0.2) is 4.77 Å². The highest BCUT2D eigenvalue weighted by Gasteiger charge is 2.08. The number of aromatic nitrogens is 2. The van der Waals surface area contributed by atoms with E-state index in [1.165, 1.54) is 4.57 Å². The average molecular weight is 305 g/mol. The van der Waals surface area contributed by atoms with Gasteiger partial charge in [-0.15, -0.1) is 0 Å². The molecule has 0 unspecified atom stereocenters. The first kappa shape index (κ1) is 15.4. The van der Waals surface area contributed by atoms with Crippen molar-refractivity contribution in [3.8, 4) is 0 Å². The van der Waals surface area contributed by atoms with E-state index in [1.807, 2.05) is 26.0 Å². The lowest BCUT2D eigenvalue weighted by Crippen LogP contribution is -2.30. The fraction of sp³-hybridized carbons (Fsp3) is 0.400. The first-order valence-electron chi connectivity index (χ1n) is 6.97. The maximum Gasteiger partial charge on any atom is 0.262 e. The third-order valence-electron chi connectivity index (χ3n) is 3.16. The Kier molecular flexibility index (Phi) is 4.90. The van der Waals surface area contributed by atoms with Crippen molar-refractivity contribution in [2.75, 3.05) is 6.54 Å². The normalized spacial score (nSPS) is 11.0. The highest BCUT2D eigenvalue weighted by atomic mass is 32.1. The van der Waals surface area contributed by atoms with Crippen LogP contribution in [-0.2, 0) is 11.3 Å². The van der Waals surface area contributed by atoms with Gasteiger partial charge in [-0.2, -0.15) is 0 Å². The molecule has 1 amide bonds. The Morgan fingerprint density at radius 1 is 1.38 bits per heavy atom. The fourth-order valence-corrected chi connectivity index (χ4v) is 2.31. The van der Waals surface area contributed by atoms with Crippen LogP contribution in [0.2, 0.25) is 0 Å². The Morgan fingerprint density at radius 2 is 2.10 bits per heavy atom. The smallest absolute Gasteiger partial charge is 0.262 e. The molecule has 1 heterocycles. The minimum absolute atomic E-state index is 0.0711. The molecule has 21 heavy (non-hydrogen) atoms. The number of hydrogen-bond acceptors (Lipinski definition) is 3. The van der Waals surface area contributed by atoms with E-state index in [0.29, 0.717) is 28.1 Å². The van der Waals surface area contributed by atoms with Gasteiger partial charge < -0.3 is 10.3 Å². The standard InChI is InChI=1S/C15H19N3O2S/c1-10(2)9-16-13(19)7-8-18-14(20)11-5-3-4-6-12(11)17-15(18)21/h3-6,10H,7-9H2,1-2H3,(H,16,19)(H,17,21). The summed E-state index contributed by atoms with van der Waals surface area (Å²) in [6.07, 6.45) is 0.239. The van der Waals surface area contributed by atoms with E-state index in [4.69, 9.17) is 12.2 Å². The Balaban J connectivity index is 2.18. The third kappa shape index (κ3) is 3.78. The van der Waals surface area contributed by atoms with Crippen LogP contribution in [0.1, 0.15) is 20.3 Å². The molecule has 0 bridgehead atoms. The number of nitrogens with one attached hydrogen (secondary N) is 2. The van der Waals surface area contributed by atoms with Gasteiger partial charge in [0.25, 0.3) is 5.56 Å². The molecule has 5 nitrogen and oxygen atoms in total.